The summed E-state index contributed by atoms with van der Waals surface area (Å²) in [5.41, 5.74) is 4.11. The molecule has 0 unspecified atom stereocenters. The number of amides is 1. The van der Waals surface area contributed by atoms with E-state index < -0.39 is 11.4 Å². The Morgan fingerprint density at radius 1 is 0.806 bits per heavy atom. The second-order valence-electron chi connectivity index (χ2n) is 9.80. The van der Waals surface area contributed by atoms with Crippen molar-refractivity contribution >= 4 is 23.3 Å². The fourth-order valence-corrected chi connectivity index (χ4v) is 4.93. The Morgan fingerprint density at radius 3 is 1.92 bits per heavy atom. The molecular formula is C31H33NO4. The van der Waals surface area contributed by atoms with E-state index in [9.17, 15) is 19.5 Å². The summed E-state index contributed by atoms with van der Waals surface area (Å²) in [7, 11) is 0. The van der Waals surface area contributed by atoms with E-state index in [2.05, 4.69) is 12.2 Å². The highest BCUT2D eigenvalue weighted by Crippen LogP contribution is 2.42. The van der Waals surface area contributed by atoms with Crippen molar-refractivity contribution in [3.8, 4) is 11.1 Å². The Bertz CT molecular complexity index is 1200. The molecule has 5 heteroatoms. The average Bonchev–Trinajstić information content (AvgIpc) is 3.38. The smallest absolute Gasteiger partial charge is 0.310 e. The minimum Gasteiger partial charge on any atom is -0.481 e. The van der Waals surface area contributed by atoms with E-state index in [0.717, 1.165) is 43.2 Å². The van der Waals surface area contributed by atoms with Gasteiger partial charge in [0.2, 0.25) is 0 Å². The highest BCUT2D eigenvalue weighted by molar-refractivity contribution is 6.04. The van der Waals surface area contributed by atoms with Crippen LogP contribution in [0.15, 0.2) is 72.8 Å². The Labute approximate surface area is 212 Å². The van der Waals surface area contributed by atoms with Crippen molar-refractivity contribution in [2.24, 2.45) is 5.41 Å². The predicted molar refractivity (Wildman–Crippen MR) is 142 cm³/mol. The molecule has 0 radical (unpaired) electrons. The Hall–Kier alpha value is -3.73. The number of aryl methyl sites for hydroxylation is 1. The number of Topliss-reactive ketones (excluding diaryl/α,β-unsaturated/α-hetero) is 1. The zero-order chi connectivity index (χ0) is 25.5. The van der Waals surface area contributed by atoms with Gasteiger partial charge in [0.25, 0.3) is 5.91 Å². The number of aliphatic carboxylic acids is 1. The topological polar surface area (TPSA) is 83.5 Å². The maximum Gasteiger partial charge on any atom is 0.310 e. The van der Waals surface area contributed by atoms with Crippen LogP contribution in [0.2, 0.25) is 0 Å². The number of carbonyl (C=O) groups excluding carboxylic acids is 2. The lowest BCUT2D eigenvalue weighted by Gasteiger charge is -2.22. The molecule has 3 aromatic rings. The standard InChI is InChI=1S/C31H33NO4/c1-2-3-6-22-7-9-26(10-8-22)29(34)32-27-17-15-24(16-18-27)23-11-13-25(14-12-23)28(33)21-31(30(35)36)19-4-5-20-31/h7-18H,2-6,19-21H2,1H3,(H,32,34)(H,35,36). The van der Waals surface area contributed by atoms with Gasteiger partial charge in [0, 0.05) is 23.2 Å². The van der Waals surface area contributed by atoms with Gasteiger partial charge in [-0.1, -0.05) is 74.7 Å². The average molecular weight is 484 g/mol. The number of rotatable bonds is 10. The van der Waals surface area contributed by atoms with Crippen molar-refractivity contribution in [3.05, 3.63) is 89.5 Å². The molecule has 2 N–H and O–H groups in total. The van der Waals surface area contributed by atoms with Crippen LogP contribution in [0, 0.1) is 5.41 Å². The maximum atomic E-state index is 12.8. The first-order valence-corrected chi connectivity index (χ1v) is 12.8. The van der Waals surface area contributed by atoms with Gasteiger partial charge in [0.05, 0.1) is 5.41 Å². The fourth-order valence-electron chi connectivity index (χ4n) is 4.93. The number of anilines is 1. The first-order valence-electron chi connectivity index (χ1n) is 12.8. The molecule has 0 heterocycles. The minimum absolute atomic E-state index is 0.0531. The monoisotopic (exact) mass is 483 g/mol. The quantitative estimate of drug-likeness (QED) is 0.300. The van der Waals surface area contributed by atoms with Crippen LogP contribution in [-0.4, -0.2) is 22.8 Å². The minimum atomic E-state index is -0.910. The van der Waals surface area contributed by atoms with Crippen molar-refractivity contribution < 1.29 is 19.5 Å². The predicted octanol–water partition coefficient (Wildman–Crippen LogP) is 7.17. The van der Waals surface area contributed by atoms with Gasteiger partial charge in [-0.3, -0.25) is 14.4 Å². The number of ketones is 1. The summed E-state index contributed by atoms with van der Waals surface area (Å²) in [6.07, 6.45) is 6.23. The zero-order valence-electron chi connectivity index (χ0n) is 20.8. The number of nitrogens with one attached hydrogen (secondary N) is 1. The molecule has 1 fully saturated rings. The van der Waals surface area contributed by atoms with Crippen LogP contribution in [0.25, 0.3) is 11.1 Å². The van der Waals surface area contributed by atoms with Gasteiger partial charge < -0.3 is 10.4 Å². The van der Waals surface area contributed by atoms with Crippen molar-refractivity contribution in [2.45, 2.75) is 58.3 Å². The second-order valence-corrected chi connectivity index (χ2v) is 9.80. The molecule has 186 valence electrons. The third-order valence-corrected chi connectivity index (χ3v) is 7.23. The lowest BCUT2D eigenvalue weighted by atomic mass is 9.80. The number of benzene rings is 3. The summed E-state index contributed by atoms with van der Waals surface area (Å²) < 4.78 is 0. The van der Waals surface area contributed by atoms with Crippen LogP contribution in [0.5, 0.6) is 0 Å². The molecule has 1 aliphatic rings. The van der Waals surface area contributed by atoms with E-state index in [4.69, 9.17) is 0 Å². The molecule has 0 bridgehead atoms. The largest absolute Gasteiger partial charge is 0.481 e. The lowest BCUT2D eigenvalue weighted by molar-refractivity contribution is -0.148. The van der Waals surface area contributed by atoms with Crippen LogP contribution in [-0.2, 0) is 11.2 Å². The van der Waals surface area contributed by atoms with Crippen molar-refractivity contribution in [1.29, 1.82) is 0 Å². The van der Waals surface area contributed by atoms with Gasteiger partial charge in [-0.25, -0.2) is 0 Å². The summed E-state index contributed by atoms with van der Waals surface area (Å²) in [6, 6.07) is 22.6. The van der Waals surface area contributed by atoms with Gasteiger partial charge in [-0.15, -0.1) is 0 Å². The molecule has 1 saturated carbocycles. The van der Waals surface area contributed by atoms with E-state index in [1.807, 2.05) is 60.7 Å². The molecule has 36 heavy (non-hydrogen) atoms. The third kappa shape index (κ3) is 5.91. The highest BCUT2D eigenvalue weighted by Gasteiger charge is 2.42. The van der Waals surface area contributed by atoms with Crippen molar-refractivity contribution in [3.63, 3.8) is 0 Å². The molecule has 4 rings (SSSR count). The van der Waals surface area contributed by atoms with E-state index in [1.54, 1.807) is 12.1 Å². The number of hydrogen-bond donors (Lipinski definition) is 2. The van der Waals surface area contributed by atoms with Crippen LogP contribution in [0.1, 0.15) is 78.1 Å². The molecule has 0 spiro atoms. The summed E-state index contributed by atoms with van der Waals surface area (Å²) in [4.78, 5) is 37.2. The number of carbonyl (C=O) groups is 3. The second kappa shape index (κ2) is 11.3. The molecule has 5 nitrogen and oxygen atoms in total. The fraction of sp³-hybridized carbons (Fsp3) is 0.323. The summed E-state index contributed by atoms with van der Waals surface area (Å²) in [5, 5.41) is 12.6. The molecule has 0 aromatic heterocycles. The Morgan fingerprint density at radius 2 is 1.36 bits per heavy atom. The van der Waals surface area contributed by atoms with Crippen LogP contribution in [0.4, 0.5) is 5.69 Å². The van der Waals surface area contributed by atoms with E-state index in [1.165, 1.54) is 5.56 Å². The summed E-state index contributed by atoms with van der Waals surface area (Å²) >= 11 is 0. The first kappa shape index (κ1) is 25.4. The third-order valence-electron chi connectivity index (χ3n) is 7.23. The van der Waals surface area contributed by atoms with Gasteiger partial charge in [-0.05, 0) is 66.6 Å². The molecule has 3 aromatic carbocycles. The first-order chi connectivity index (χ1) is 17.4. The Kier molecular flexibility index (Phi) is 7.99. The Balaban J connectivity index is 1.37. The van der Waals surface area contributed by atoms with E-state index >= 15 is 0 Å². The summed E-state index contributed by atoms with van der Waals surface area (Å²) in [5.74, 6) is -1.13. The number of unbranched alkanes of at least 4 members (excludes halogenated alkanes) is 1. The van der Waals surface area contributed by atoms with Crippen LogP contribution in [0.3, 0.4) is 0 Å². The van der Waals surface area contributed by atoms with Crippen LogP contribution < -0.4 is 5.32 Å². The molecule has 1 aliphatic carbocycles. The van der Waals surface area contributed by atoms with Gasteiger partial charge in [-0.2, -0.15) is 0 Å². The highest BCUT2D eigenvalue weighted by atomic mass is 16.4. The maximum absolute atomic E-state index is 12.8. The number of hydrogen-bond acceptors (Lipinski definition) is 3. The lowest BCUT2D eigenvalue weighted by Crippen LogP contribution is -2.30. The number of carboxylic acids is 1. The van der Waals surface area contributed by atoms with Crippen molar-refractivity contribution in [1.82, 2.24) is 0 Å². The molecule has 1 amide bonds. The van der Waals surface area contributed by atoms with Gasteiger partial charge in [0.1, 0.15) is 0 Å². The number of carboxylic acid groups (broad SMARTS) is 1. The van der Waals surface area contributed by atoms with Crippen LogP contribution >= 0.6 is 0 Å². The SMILES string of the molecule is CCCCc1ccc(C(=O)Nc2ccc(-c3ccc(C(=O)CC4(C(=O)O)CCCC4)cc3)cc2)cc1. The molecule has 0 atom stereocenters. The van der Waals surface area contributed by atoms with E-state index in [0.29, 0.717) is 29.7 Å². The van der Waals surface area contributed by atoms with Gasteiger partial charge >= 0.3 is 5.97 Å². The normalized spacial score (nSPS) is 14.4. The molecule has 0 aliphatic heterocycles. The van der Waals surface area contributed by atoms with Gasteiger partial charge in [0.15, 0.2) is 5.78 Å². The zero-order valence-corrected chi connectivity index (χ0v) is 20.8. The van der Waals surface area contributed by atoms with E-state index in [-0.39, 0.29) is 18.1 Å². The summed E-state index contributed by atoms with van der Waals surface area (Å²) in [6.45, 7) is 2.17. The molecule has 0 saturated heterocycles. The van der Waals surface area contributed by atoms with Crippen molar-refractivity contribution in [2.75, 3.05) is 5.32 Å². The molecular weight excluding hydrogens is 450 g/mol.